The summed E-state index contributed by atoms with van der Waals surface area (Å²) in [6.07, 6.45) is 0. The van der Waals surface area contributed by atoms with Crippen molar-refractivity contribution in [1.29, 1.82) is 0 Å². The van der Waals surface area contributed by atoms with E-state index in [1.807, 2.05) is 0 Å². The second-order valence-corrected chi connectivity index (χ2v) is 15.7. The van der Waals surface area contributed by atoms with Gasteiger partial charge in [0.05, 0.1) is 0 Å². The third kappa shape index (κ3) is 5.01. The van der Waals surface area contributed by atoms with Gasteiger partial charge < -0.3 is 4.90 Å². The predicted octanol–water partition coefficient (Wildman–Crippen LogP) is 15.4. The molecule has 1 aliphatic rings. The highest BCUT2D eigenvalue weighted by atomic mass is 15.1. The van der Waals surface area contributed by atoms with Crippen LogP contribution in [0.25, 0.3) is 76.5 Å². The molecule has 0 fully saturated rings. The van der Waals surface area contributed by atoms with Crippen molar-refractivity contribution < 1.29 is 0 Å². The number of hydrogen-bond donors (Lipinski definition) is 0. The molecule has 0 saturated heterocycles. The molecule has 0 radical (unpaired) electrons. The highest BCUT2D eigenvalue weighted by Gasteiger charge is 2.35. The molecule has 56 heavy (non-hydrogen) atoms. The largest absolute Gasteiger partial charge is 0.310 e. The molecule has 10 aromatic carbocycles. The molecule has 0 spiro atoms. The fourth-order valence-electron chi connectivity index (χ4n) is 9.45. The van der Waals surface area contributed by atoms with E-state index in [9.17, 15) is 0 Å². The Morgan fingerprint density at radius 2 is 0.946 bits per heavy atom. The molecule has 0 bridgehead atoms. The first-order valence-electron chi connectivity index (χ1n) is 19.6. The summed E-state index contributed by atoms with van der Waals surface area (Å²) in [4.78, 5) is 2.43. The maximum atomic E-state index is 2.47. The van der Waals surface area contributed by atoms with Gasteiger partial charge in [0, 0.05) is 22.5 Å². The van der Waals surface area contributed by atoms with E-state index in [2.05, 4.69) is 219 Å². The molecule has 10 aromatic rings. The molecular weight excluding hydrogens is 675 g/mol. The highest BCUT2D eigenvalue weighted by Crippen LogP contribution is 2.54. The molecule has 0 amide bonds. The van der Waals surface area contributed by atoms with Crippen LogP contribution in [0.4, 0.5) is 17.1 Å². The maximum Gasteiger partial charge on any atom is 0.0468 e. The van der Waals surface area contributed by atoms with E-state index in [-0.39, 0.29) is 5.41 Å². The van der Waals surface area contributed by atoms with Gasteiger partial charge in [0.25, 0.3) is 0 Å². The van der Waals surface area contributed by atoms with E-state index in [1.165, 1.54) is 87.6 Å². The Kier molecular flexibility index (Phi) is 7.28. The first-order chi connectivity index (χ1) is 27.5. The van der Waals surface area contributed by atoms with Crippen LogP contribution >= 0.6 is 0 Å². The van der Waals surface area contributed by atoms with Gasteiger partial charge in [-0.1, -0.05) is 172 Å². The molecule has 0 atom stereocenters. The van der Waals surface area contributed by atoms with Crippen molar-refractivity contribution in [2.45, 2.75) is 19.3 Å². The molecule has 0 aromatic heterocycles. The minimum absolute atomic E-state index is 0.199. The second kappa shape index (κ2) is 12.5. The average molecular weight is 714 g/mol. The average Bonchev–Trinajstić information content (AvgIpc) is 3.25. The van der Waals surface area contributed by atoms with Crippen LogP contribution in [0.3, 0.4) is 0 Å². The van der Waals surface area contributed by atoms with E-state index in [1.54, 1.807) is 0 Å². The number of fused-ring (bicyclic) bond motifs is 6. The van der Waals surface area contributed by atoms with E-state index in [4.69, 9.17) is 0 Å². The van der Waals surface area contributed by atoms with Crippen LogP contribution in [-0.4, -0.2) is 0 Å². The van der Waals surface area contributed by atoms with Crippen LogP contribution < -0.4 is 4.90 Å². The van der Waals surface area contributed by atoms with Gasteiger partial charge in [-0.15, -0.1) is 0 Å². The molecule has 0 N–H and O–H groups in total. The van der Waals surface area contributed by atoms with Gasteiger partial charge >= 0.3 is 0 Å². The quantitative estimate of drug-likeness (QED) is 0.161. The third-order valence-corrected chi connectivity index (χ3v) is 12.2. The monoisotopic (exact) mass is 713 g/mol. The lowest BCUT2D eigenvalue weighted by Crippen LogP contribution is -2.24. The van der Waals surface area contributed by atoms with Crippen LogP contribution in [-0.2, 0) is 5.41 Å². The first-order valence-corrected chi connectivity index (χ1v) is 19.6. The van der Waals surface area contributed by atoms with Crippen LogP contribution in [0.1, 0.15) is 25.0 Å². The fraction of sp³-hybridized carbons (Fsp3) is 0.0545. The number of nitrogens with zero attached hydrogens (tertiary/aromatic N) is 1. The summed E-state index contributed by atoms with van der Waals surface area (Å²) in [5, 5.41) is 10.2. The van der Waals surface area contributed by atoms with Crippen LogP contribution in [0, 0.1) is 0 Å². The van der Waals surface area contributed by atoms with E-state index < -0.39 is 0 Å². The standard InChI is InChI=1S/C55H39N/c1-55(2)51-32-30-44(56(43-29-25-37-15-6-7-16-40(37)33-43)42-27-23-38(24-28-42)36-13-4-3-5-14-36)35-50(51)54-48(31-26-39-18-12-22-52(55)53(39)54)49-34-41-17-8-9-19-45(41)46-20-10-11-21-47(46)49/h3-35H,1-2H3. The molecule has 0 saturated carbocycles. The van der Waals surface area contributed by atoms with E-state index in [0.29, 0.717) is 0 Å². The molecule has 0 heterocycles. The lowest BCUT2D eigenvalue weighted by molar-refractivity contribution is 0.645. The molecule has 1 heteroatoms. The Labute approximate surface area is 327 Å². The number of benzene rings is 10. The SMILES string of the molecule is CC1(C)c2ccc(N(c3ccc(-c4ccccc4)cc3)c3ccc4ccccc4c3)cc2-c2c(-c3cc4ccccc4c4ccccc34)ccc3cccc1c23. The topological polar surface area (TPSA) is 3.24 Å². The normalized spacial score (nSPS) is 13.0. The predicted molar refractivity (Wildman–Crippen MR) is 240 cm³/mol. The zero-order valence-corrected chi connectivity index (χ0v) is 31.5. The van der Waals surface area contributed by atoms with Gasteiger partial charge in [0.1, 0.15) is 0 Å². The summed E-state index contributed by atoms with van der Waals surface area (Å²) in [6.45, 7) is 4.79. The van der Waals surface area contributed by atoms with Crippen molar-refractivity contribution >= 4 is 60.2 Å². The van der Waals surface area contributed by atoms with Crippen molar-refractivity contribution in [1.82, 2.24) is 0 Å². The van der Waals surface area contributed by atoms with Gasteiger partial charge in [-0.05, 0) is 130 Å². The lowest BCUT2D eigenvalue weighted by Gasteiger charge is -2.37. The molecule has 11 rings (SSSR count). The molecule has 264 valence electrons. The molecule has 1 nitrogen and oxygen atoms in total. The Morgan fingerprint density at radius 1 is 0.339 bits per heavy atom. The van der Waals surface area contributed by atoms with Gasteiger partial charge in [0.15, 0.2) is 0 Å². The zero-order valence-electron chi connectivity index (χ0n) is 31.5. The third-order valence-electron chi connectivity index (χ3n) is 12.2. The number of anilines is 3. The molecule has 0 aliphatic heterocycles. The van der Waals surface area contributed by atoms with Crippen molar-refractivity contribution in [3.63, 3.8) is 0 Å². The molecule has 0 unspecified atom stereocenters. The summed E-state index contributed by atoms with van der Waals surface area (Å²) in [6, 6.07) is 74.1. The highest BCUT2D eigenvalue weighted by molar-refractivity contribution is 6.18. The van der Waals surface area contributed by atoms with E-state index >= 15 is 0 Å². The zero-order chi connectivity index (χ0) is 37.4. The summed E-state index contributed by atoms with van der Waals surface area (Å²) in [5.41, 5.74) is 13.5. The summed E-state index contributed by atoms with van der Waals surface area (Å²) in [7, 11) is 0. The number of hydrogen-bond acceptors (Lipinski definition) is 1. The number of rotatable bonds is 5. The smallest absolute Gasteiger partial charge is 0.0468 e. The molecular formula is C55H39N. The minimum atomic E-state index is -0.199. The van der Waals surface area contributed by atoms with Gasteiger partial charge in [-0.25, -0.2) is 0 Å². The Hall–Kier alpha value is -6.96. The van der Waals surface area contributed by atoms with Crippen molar-refractivity contribution in [3.05, 3.63) is 211 Å². The molecule has 1 aliphatic carbocycles. The van der Waals surface area contributed by atoms with Gasteiger partial charge in [-0.3, -0.25) is 0 Å². The Balaban J connectivity index is 1.18. The first kappa shape index (κ1) is 32.5. The minimum Gasteiger partial charge on any atom is -0.310 e. The fourth-order valence-corrected chi connectivity index (χ4v) is 9.45. The van der Waals surface area contributed by atoms with E-state index in [0.717, 1.165) is 17.1 Å². The van der Waals surface area contributed by atoms with Crippen molar-refractivity contribution in [2.24, 2.45) is 0 Å². The Morgan fingerprint density at radius 3 is 1.77 bits per heavy atom. The van der Waals surface area contributed by atoms with Crippen LogP contribution in [0.2, 0.25) is 0 Å². The Bertz CT molecular complexity index is 3150. The lowest BCUT2D eigenvalue weighted by atomic mass is 9.67. The summed E-state index contributed by atoms with van der Waals surface area (Å²) in [5.74, 6) is 0. The van der Waals surface area contributed by atoms with Crippen LogP contribution in [0.15, 0.2) is 200 Å². The van der Waals surface area contributed by atoms with Crippen molar-refractivity contribution in [3.8, 4) is 33.4 Å². The summed E-state index contributed by atoms with van der Waals surface area (Å²) >= 11 is 0. The maximum absolute atomic E-state index is 2.47. The van der Waals surface area contributed by atoms with Crippen LogP contribution in [0.5, 0.6) is 0 Å². The van der Waals surface area contributed by atoms with Crippen molar-refractivity contribution in [2.75, 3.05) is 4.90 Å². The second-order valence-electron chi connectivity index (χ2n) is 15.7. The van der Waals surface area contributed by atoms with Gasteiger partial charge in [0.2, 0.25) is 0 Å². The summed E-state index contributed by atoms with van der Waals surface area (Å²) < 4.78 is 0. The van der Waals surface area contributed by atoms with Gasteiger partial charge in [-0.2, -0.15) is 0 Å².